The van der Waals surface area contributed by atoms with Crippen LogP contribution in [0.4, 0.5) is 0 Å². The van der Waals surface area contributed by atoms with Gasteiger partial charge in [-0.2, -0.15) is 0 Å². The largest absolute Gasteiger partial charge is 0.415 e. The van der Waals surface area contributed by atoms with E-state index in [-0.39, 0.29) is 6.29 Å². The molecule has 0 spiro atoms. The second-order valence-corrected chi connectivity index (χ2v) is 2.84. The molecule has 0 saturated heterocycles. The topological polar surface area (TPSA) is 52.6 Å². The summed E-state index contributed by atoms with van der Waals surface area (Å²) < 4.78 is 9.36. The van der Waals surface area contributed by atoms with Crippen LogP contribution in [-0.4, -0.2) is 11.9 Å². The molecular formula is C11H11O4. The van der Waals surface area contributed by atoms with E-state index in [4.69, 9.17) is 4.74 Å². The van der Waals surface area contributed by atoms with Crippen LogP contribution in [0.1, 0.15) is 24.2 Å². The van der Waals surface area contributed by atoms with Crippen molar-refractivity contribution < 1.29 is 19.1 Å². The Kier molecular flexibility index (Phi) is 3.85. The molecule has 4 heteroatoms. The number of rotatable bonds is 3. The molecule has 0 aliphatic carbocycles. The molecular weight excluding hydrogens is 196 g/mol. The van der Waals surface area contributed by atoms with Gasteiger partial charge in [0.2, 0.25) is 0 Å². The van der Waals surface area contributed by atoms with Gasteiger partial charge in [0.15, 0.2) is 0 Å². The minimum absolute atomic E-state index is 0.0728. The van der Waals surface area contributed by atoms with Crippen molar-refractivity contribution in [1.82, 2.24) is 0 Å². The smallest absolute Gasteiger partial charge is 0.341 e. The predicted molar refractivity (Wildman–Crippen MR) is 52.5 cm³/mol. The first-order valence-electron chi connectivity index (χ1n) is 4.39. The molecule has 0 atom stereocenters. The molecule has 0 amide bonds. The molecule has 1 radical (unpaired) electrons. The zero-order valence-corrected chi connectivity index (χ0v) is 8.52. The minimum atomic E-state index is -0.547. The summed E-state index contributed by atoms with van der Waals surface area (Å²) in [6, 6.07) is 8.46. The average molecular weight is 207 g/mol. The van der Waals surface area contributed by atoms with Gasteiger partial charge in [0.05, 0.1) is 5.56 Å². The third kappa shape index (κ3) is 3.81. The highest BCUT2D eigenvalue weighted by Gasteiger charge is 2.15. The van der Waals surface area contributed by atoms with Crippen LogP contribution in [-0.2, 0) is 14.3 Å². The standard InChI is InChI=1S/C11H11O4/c1-8(12)14-9(2)15-11(13)10-6-4-3-5-7-10/h3-7H,1-2H3. The van der Waals surface area contributed by atoms with Crippen molar-refractivity contribution in [3.8, 4) is 0 Å². The van der Waals surface area contributed by atoms with Crippen molar-refractivity contribution in [2.45, 2.75) is 13.8 Å². The quantitative estimate of drug-likeness (QED) is 0.710. The predicted octanol–water partition coefficient (Wildman–Crippen LogP) is 1.92. The molecule has 0 fully saturated rings. The van der Waals surface area contributed by atoms with Crippen LogP contribution in [0, 0.1) is 6.29 Å². The number of hydrogen-bond donors (Lipinski definition) is 0. The zero-order valence-electron chi connectivity index (χ0n) is 8.52. The minimum Gasteiger partial charge on any atom is -0.415 e. The van der Waals surface area contributed by atoms with Gasteiger partial charge in [0.1, 0.15) is 0 Å². The molecule has 0 aromatic heterocycles. The van der Waals surface area contributed by atoms with Crippen LogP contribution in [0.3, 0.4) is 0 Å². The van der Waals surface area contributed by atoms with Gasteiger partial charge in [0.25, 0.3) is 0 Å². The molecule has 0 bridgehead atoms. The molecule has 79 valence electrons. The van der Waals surface area contributed by atoms with Crippen LogP contribution in [0.5, 0.6) is 0 Å². The maximum absolute atomic E-state index is 11.4. The number of esters is 2. The molecule has 15 heavy (non-hydrogen) atoms. The Morgan fingerprint density at radius 3 is 2.13 bits per heavy atom. The number of benzene rings is 1. The maximum Gasteiger partial charge on any atom is 0.341 e. The fraction of sp³-hybridized carbons (Fsp3) is 0.182. The first-order chi connectivity index (χ1) is 7.09. The highest BCUT2D eigenvalue weighted by molar-refractivity contribution is 5.89. The third-order valence-corrected chi connectivity index (χ3v) is 1.53. The first-order valence-corrected chi connectivity index (χ1v) is 4.39. The van der Waals surface area contributed by atoms with E-state index in [1.807, 2.05) is 0 Å². The van der Waals surface area contributed by atoms with E-state index in [1.165, 1.54) is 13.8 Å². The van der Waals surface area contributed by atoms with Crippen LogP contribution in [0.15, 0.2) is 30.3 Å². The summed E-state index contributed by atoms with van der Waals surface area (Å²) in [5, 5.41) is 0. The molecule has 0 aliphatic heterocycles. The van der Waals surface area contributed by atoms with Crippen LogP contribution in [0.25, 0.3) is 0 Å². The molecule has 1 aromatic carbocycles. The Morgan fingerprint density at radius 2 is 1.60 bits per heavy atom. The fourth-order valence-corrected chi connectivity index (χ4v) is 0.987. The average Bonchev–Trinajstić information content (AvgIpc) is 2.17. The van der Waals surface area contributed by atoms with Gasteiger partial charge < -0.3 is 9.47 Å². The molecule has 1 aromatic rings. The van der Waals surface area contributed by atoms with E-state index >= 15 is 0 Å². The van der Waals surface area contributed by atoms with Crippen LogP contribution < -0.4 is 0 Å². The summed E-state index contributed by atoms with van der Waals surface area (Å²) in [4.78, 5) is 21.9. The summed E-state index contributed by atoms with van der Waals surface area (Å²) in [5.74, 6) is -1.07. The van der Waals surface area contributed by atoms with Crippen molar-refractivity contribution >= 4 is 11.9 Å². The zero-order chi connectivity index (χ0) is 11.3. The van der Waals surface area contributed by atoms with E-state index in [9.17, 15) is 9.59 Å². The third-order valence-electron chi connectivity index (χ3n) is 1.53. The van der Waals surface area contributed by atoms with E-state index in [2.05, 4.69) is 4.74 Å². The monoisotopic (exact) mass is 207 g/mol. The maximum atomic E-state index is 11.4. The summed E-state index contributed by atoms with van der Waals surface area (Å²) in [6.07, 6.45) is -0.0728. The Hall–Kier alpha value is -1.84. The first kappa shape index (κ1) is 11.2. The lowest BCUT2D eigenvalue weighted by atomic mass is 10.2. The lowest BCUT2D eigenvalue weighted by Gasteiger charge is -2.10. The Bertz CT molecular complexity index is 345. The number of carbonyl (C=O) groups is 2. The fourth-order valence-electron chi connectivity index (χ4n) is 0.987. The summed E-state index contributed by atoms with van der Waals surface area (Å²) in [5.41, 5.74) is 0.406. The highest BCUT2D eigenvalue weighted by Crippen LogP contribution is 2.09. The molecule has 1 rings (SSSR count). The van der Waals surface area contributed by atoms with E-state index in [1.54, 1.807) is 30.3 Å². The Balaban J connectivity index is 2.53. The summed E-state index contributed by atoms with van der Waals surface area (Å²) in [7, 11) is 0. The van der Waals surface area contributed by atoms with Crippen molar-refractivity contribution in [1.29, 1.82) is 0 Å². The van der Waals surface area contributed by atoms with Gasteiger partial charge in [0, 0.05) is 13.8 Å². The lowest BCUT2D eigenvalue weighted by molar-refractivity contribution is -0.146. The van der Waals surface area contributed by atoms with Gasteiger partial charge >= 0.3 is 18.2 Å². The van der Waals surface area contributed by atoms with E-state index < -0.39 is 11.9 Å². The highest BCUT2D eigenvalue weighted by atomic mass is 16.7. The van der Waals surface area contributed by atoms with Gasteiger partial charge in [-0.15, -0.1) is 0 Å². The molecule has 0 aliphatic rings. The van der Waals surface area contributed by atoms with Crippen molar-refractivity contribution in [2.75, 3.05) is 0 Å². The van der Waals surface area contributed by atoms with Gasteiger partial charge in [-0.3, -0.25) is 4.79 Å². The van der Waals surface area contributed by atoms with Gasteiger partial charge in [-0.05, 0) is 12.1 Å². The molecule has 0 N–H and O–H groups in total. The Labute approximate surface area is 87.8 Å². The van der Waals surface area contributed by atoms with Crippen molar-refractivity contribution in [3.05, 3.63) is 42.2 Å². The van der Waals surface area contributed by atoms with E-state index in [0.717, 1.165) is 0 Å². The van der Waals surface area contributed by atoms with Crippen molar-refractivity contribution in [3.63, 3.8) is 0 Å². The SMILES string of the molecule is C[C](OC(C)=O)OC(=O)c1ccccc1. The van der Waals surface area contributed by atoms with Gasteiger partial charge in [-0.1, -0.05) is 18.2 Å². The molecule has 4 nitrogen and oxygen atoms in total. The number of ether oxygens (including phenoxy) is 2. The molecule has 0 saturated carbocycles. The number of carbonyl (C=O) groups excluding carboxylic acids is 2. The van der Waals surface area contributed by atoms with Crippen LogP contribution in [0.2, 0.25) is 0 Å². The van der Waals surface area contributed by atoms with Crippen molar-refractivity contribution in [2.24, 2.45) is 0 Å². The molecule has 0 unspecified atom stereocenters. The number of hydrogen-bond acceptors (Lipinski definition) is 4. The normalized spacial score (nSPS) is 9.80. The van der Waals surface area contributed by atoms with E-state index in [0.29, 0.717) is 5.56 Å². The lowest BCUT2D eigenvalue weighted by Crippen LogP contribution is -2.13. The van der Waals surface area contributed by atoms with Gasteiger partial charge in [-0.25, -0.2) is 4.79 Å². The summed E-state index contributed by atoms with van der Waals surface area (Å²) >= 11 is 0. The van der Waals surface area contributed by atoms with Crippen LogP contribution >= 0.6 is 0 Å². The second-order valence-electron chi connectivity index (χ2n) is 2.84. The summed E-state index contributed by atoms with van der Waals surface area (Å²) in [6.45, 7) is 2.64. The Morgan fingerprint density at radius 1 is 1.00 bits per heavy atom. The second kappa shape index (κ2) is 5.14. The molecule has 0 heterocycles.